The lowest BCUT2D eigenvalue weighted by molar-refractivity contribution is 0.0978. The molecule has 0 aromatic heterocycles. The predicted octanol–water partition coefficient (Wildman–Crippen LogP) is 3.79. The highest BCUT2D eigenvalue weighted by molar-refractivity contribution is 9.10. The Morgan fingerprint density at radius 1 is 0.889 bits per heavy atom. The van der Waals surface area contributed by atoms with Gasteiger partial charge >= 0.3 is 0 Å². The van der Waals surface area contributed by atoms with Gasteiger partial charge in [-0.15, -0.1) is 23.5 Å². The van der Waals surface area contributed by atoms with Crippen LogP contribution in [0.1, 0.15) is 20.7 Å². The number of benzene rings is 1. The van der Waals surface area contributed by atoms with Crippen molar-refractivity contribution in [2.24, 2.45) is 0 Å². The van der Waals surface area contributed by atoms with Crippen molar-refractivity contribution in [1.29, 1.82) is 0 Å². The number of hydrogen-bond acceptors (Lipinski definition) is 4. The first kappa shape index (κ1) is 13.2. The van der Waals surface area contributed by atoms with Crippen molar-refractivity contribution in [3.63, 3.8) is 0 Å². The van der Waals surface area contributed by atoms with Crippen LogP contribution in [0.15, 0.2) is 21.9 Å². The number of carbonyl (C=O) groups excluding carboxylic acids is 2. The molecule has 0 bridgehead atoms. The zero-order chi connectivity index (χ0) is 12.9. The summed E-state index contributed by atoms with van der Waals surface area (Å²) >= 11 is 10.1. The second-order valence-electron chi connectivity index (χ2n) is 4.10. The van der Waals surface area contributed by atoms with Gasteiger partial charge in [0.2, 0.25) is 0 Å². The molecule has 1 aromatic rings. The van der Waals surface area contributed by atoms with E-state index in [0.717, 1.165) is 32.4 Å². The number of rotatable bonds is 0. The van der Waals surface area contributed by atoms with Gasteiger partial charge in [0.25, 0.3) is 0 Å². The zero-order valence-corrected chi connectivity index (χ0v) is 13.9. The average molecular weight is 408 g/mol. The van der Waals surface area contributed by atoms with Crippen LogP contribution in [0.5, 0.6) is 0 Å². The standard InChI is InChI=1S/C12H8Br2O2S2/c13-7-3-17-11-5(9(7)15)1-2-6-10(16)8(14)4-18-12(6)11/h1-2,7-8H,3-4H2. The second-order valence-corrected chi connectivity index (χ2v) is 8.38. The summed E-state index contributed by atoms with van der Waals surface area (Å²) in [4.78, 5) is 25.9. The second kappa shape index (κ2) is 4.96. The molecule has 2 nitrogen and oxygen atoms in total. The van der Waals surface area contributed by atoms with Crippen molar-refractivity contribution in [3.05, 3.63) is 23.3 Å². The first-order chi connectivity index (χ1) is 8.59. The molecule has 2 aliphatic heterocycles. The van der Waals surface area contributed by atoms with Gasteiger partial charge in [0.05, 0.1) is 9.65 Å². The Hall–Kier alpha value is 0.220. The number of ketones is 2. The van der Waals surface area contributed by atoms with Crippen LogP contribution in [-0.4, -0.2) is 32.7 Å². The van der Waals surface area contributed by atoms with Gasteiger partial charge in [-0.2, -0.15) is 0 Å². The van der Waals surface area contributed by atoms with Crippen molar-refractivity contribution >= 4 is 67.0 Å². The van der Waals surface area contributed by atoms with E-state index >= 15 is 0 Å². The fraction of sp³-hybridized carbons (Fsp3) is 0.333. The highest BCUT2D eigenvalue weighted by Gasteiger charge is 2.33. The molecular weight excluding hydrogens is 400 g/mol. The van der Waals surface area contributed by atoms with Crippen LogP contribution in [0, 0.1) is 0 Å². The predicted molar refractivity (Wildman–Crippen MR) is 82.0 cm³/mol. The molecule has 0 spiro atoms. The van der Waals surface area contributed by atoms with Crippen molar-refractivity contribution in [2.75, 3.05) is 11.5 Å². The summed E-state index contributed by atoms with van der Waals surface area (Å²) < 4.78 is 0. The van der Waals surface area contributed by atoms with E-state index in [1.165, 1.54) is 0 Å². The first-order valence-electron chi connectivity index (χ1n) is 5.38. The fourth-order valence-electron chi connectivity index (χ4n) is 2.04. The van der Waals surface area contributed by atoms with Crippen molar-refractivity contribution in [3.8, 4) is 0 Å². The van der Waals surface area contributed by atoms with Crippen molar-refractivity contribution < 1.29 is 9.59 Å². The number of carbonyl (C=O) groups is 2. The lowest BCUT2D eigenvalue weighted by Gasteiger charge is -2.26. The fourth-order valence-corrected chi connectivity index (χ4v) is 5.74. The molecular formula is C12H8Br2O2S2. The summed E-state index contributed by atoms with van der Waals surface area (Å²) in [7, 11) is 0. The lowest BCUT2D eigenvalue weighted by atomic mass is 10.0. The van der Waals surface area contributed by atoms with Crippen LogP contribution in [0.2, 0.25) is 0 Å². The highest BCUT2D eigenvalue weighted by atomic mass is 79.9. The number of fused-ring (bicyclic) bond motifs is 3. The third-order valence-corrected chi connectivity index (χ3v) is 7.85. The van der Waals surface area contributed by atoms with Gasteiger partial charge in [-0.3, -0.25) is 9.59 Å². The number of thioether (sulfide) groups is 2. The maximum Gasteiger partial charge on any atom is 0.178 e. The normalized spacial score (nSPS) is 26.8. The number of halogens is 2. The summed E-state index contributed by atoms with van der Waals surface area (Å²) in [6, 6.07) is 3.58. The molecule has 2 aliphatic rings. The third-order valence-electron chi connectivity index (χ3n) is 2.96. The lowest BCUT2D eigenvalue weighted by Crippen LogP contribution is -2.26. The number of Topliss-reactive ketones (excluding diaryl/α,β-unsaturated/α-hetero) is 2. The van der Waals surface area contributed by atoms with E-state index in [1.54, 1.807) is 35.7 Å². The molecule has 2 unspecified atom stereocenters. The maximum absolute atomic E-state index is 12.1. The van der Waals surface area contributed by atoms with E-state index in [2.05, 4.69) is 31.9 Å². The quantitative estimate of drug-likeness (QED) is 0.612. The van der Waals surface area contributed by atoms with Crippen LogP contribution in [-0.2, 0) is 0 Å². The molecule has 0 amide bonds. The summed E-state index contributed by atoms with van der Waals surface area (Å²) in [6.07, 6.45) is 0. The smallest absolute Gasteiger partial charge is 0.178 e. The molecule has 0 radical (unpaired) electrons. The minimum absolute atomic E-state index is 0.110. The first-order valence-corrected chi connectivity index (χ1v) is 9.19. The van der Waals surface area contributed by atoms with E-state index in [9.17, 15) is 9.59 Å². The molecule has 0 fully saturated rings. The van der Waals surface area contributed by atoms with Gasteiger partial charge in [0.1, 0.15) is 0 Å². The van der Waals surface area contributed by atoms with Crippen molar-refractivity contribution in [1.82, 2.24) is 0 Å². The minimum Gasteiger partial charge on any atom is -0.293 e. The SMILES string of the molecule is O=C1c2ccc3c(c2SCC1Br)SCC(Br)C3=O. The molecule has 6 heteroatoms. The van der Waals surface area contributed by atoms with Gasteiger partial charge in [0.15, 0.2) is 11.6 Å². The molecule has 2 atom stereocenters. The molecule has 2 heterocycles. The number of hydrogen-bond donors (Lipinski definition) is 0. The van der Waals surface area contributed by atoms with E-state index in [-0.39, 0.29) is 21.2 Å². The van der Waals surface area contributed by atoms with E-state index < -0.39 is 0 Å². The maximum atomic E-state index is 12.1. The molecule has 0 aliphatic carbocycles. The minimum atomic E-state index is -0.110. The monoisotopic (exact) mass is 406 g/mol. The zero-order valence-electron chi connectivity index (χ0n) is 9.11. The molecule has 18 heavy (non-hydrogen) atoms. The average Bonchev–Trinajstić information content (AvgIpc) is 2.38. The van der Waals surface area contributed by atoms with E-state index in [4.69, 9.17) is 0 Å². The Morgan fingerprint density at radius 2 is 1.28 bits per heavy atom. The molecule has 94 valence electrons. The van der Waals surface area contributed by atoms with Crippen LogP contribution in [0.4, 0.5) is 0 Å². The van der Waals surface area contributed by atoms with Crippen LogP contribution in [0.25, 0.3) is 0 Å². The molecule has 0 saturated carbocycles. The molecule has 3 rings (SSSR count). The van der Waals surface area contributed by atoms with Crippen molar-refractivity contribution in [2.45, 2.75) is 19.4 Å². The topological polar surface area (TPSA) is 34.1 Å². The van der Waals surface area contributed by atoms with Gasteiger partial charge in [-0.05, 0) is 12.1 Å². The molecule has 0 N–H and O–H groups in total. The van der Waals surface area contributed by atoms with Gasteiger partial charge in [0, 0.05) is 32.4 Å². The third kappa shape index (κ3) is 2.01. The summed E-state index contributed by atoms with van der Waals surface area (Å²) in [5, 5.41) is 0. The summed E-state index contributed by atoms with van der Waals surface area (Å²) in [5.41, 5.74) is 1.50. The highest BCUT2D eigenvalue weighted by Crippen LogP contribution is 2.44. The van der Waals surface area contributed by atoms with E-state index in [1.807, 2.05) is 0 Å². The van der Waals surface area contributed by atoms with Gasteiger partial charge in [-0.25, -0.2) is 0 Å². The van der Waals surface area contributed by atoms with E-state index in [0.29, 0.717) is 0 Å². The Labute approximate surface area is 130 Å². The molecule has 1 aromatic carbocycles. The largest absolute Gasteiger partial charge is 0.293 e. The van der Waals surface area contributed by atoms with Gasteiger partial charge in [-0.1, -0.05) is 31.9 Å². The Kier molecular flexibility index (Phi) is 3.64. The Bertz CT molecular complexity index is 510. The summed E-state index contributed by atoms with van der Waals surface area (Å²) in [5.74, 6) is 1.71. The summed E-state index contributed by atoms with van der Waals surface area (Å²) in [6.45, 7) is 0. The van der Waals surface area contributed by atoms with Crippen LogP contribution >= 0.6 is 55.4 Å². The Morgan fingerprint density at radius 3 is 1.67 bits per heavy atom. The van der Waals surface area contributed by atoms with Gasteiger partial charge < -0.3 is 0 Å². The van der Waals surface area contributed by atoms with Crippen LogP contribution < -0.4 is 0 Å². The van der Waals surface area contributed by atoms with Crippen LogP contribution in [0.3, 0.4) is 0 Å². The number of alkyl halides is 2. The molecule has 0 saturated heterocycles. The Balaban J connectivity index is 2.16.